The van der Waals surface area contributed by atoms with Crippen molar-refractivity contribution >= 4 is 23.1 Å². The molecule has 1 aromatic heterocycles. The first-order chi connectivity index (χ1) is 7.56. The Hall–Kier alpha value is -1.07. The number of hydrogen-bond acceptors (Lipinski definition) is 5. The second kappa shape index (κ2) is 5.86. The van der Waals surface area contributed by atoms with E-state index in [1.165, 1.54) is 6.33 Å². The van der Waals surface area contributed by atoms with Gasteiger partial charge in [0.25, 0.3) is 0 Å². The molecular weight excluding hydrogens is 228 g/mol. The molecule has 6 heteroatoms. The lowest BCUT2D eigenvalue weighted by molar-refractivity contribution is 0.187. The van der Waals surface area contributed by atoms with Gasteiger partial charge in [0.15, 0.2) is 11.0 Å². The van der Waals surface area contributed by atoms with Gasteiger partial charge in [0, 0.05) is 20.6 Å². The van der Waals surface area contributed by atoms with E-state index in [1.807, 2.05) is 11.9 Å². The van der Waals surface area contributed by atoms with Crippen molar-refractivity contribution < 1.29 is 5.11 Å². The molecule has 0 aromatic carbocycles. The van der Waals surface area contributed by atoms with Crippen LogP contribution in [-0.4, -0.2) is 41.8 Å². The normalized spacial score (nSPS) is 12.3. The van der Waals surface area contributed by atoms with E-state index in [0.29, 0.717) is 23.8 Å². The van der Waals surface area contributed by atoms with Gasteiger partial charge in [0.2, 0.25) is 0 Å². The van der Waals surface area contributed by atoms with Crippen molar-refractivity contribution in [3.8, 4) is 0 Å². The monoisotopic (exact) mass is 244 g/mol. The maximum Gasteiger partial charge on any atom is 0.157 e. The highest BCUT2D eigenvalue weighted by Gasteiger charge is 2.12. The molecule has 1 unspecified atom stereocenters. The van der Waals surface area contributed by atoms with Gasteiger partial charge in [-0.3, -0.25) is 0 Å². The lowest BCUT2D eigenvalue weighted by atomic mass is 10.2. The van der Waals surface area contributed by atoms with Crippen LogP contribution >= 0.6 is 11.6 Å². The zero-order valence-electron chi connectivity index (χ0n) is 9.74. The lowest BCUT2D eigenvalue weighted by Gasteiger charge is -2.21. The van der Waals surface area contributed by atoms with Gasteiger partial charge in [-0.25, -0.2) is 9.97 Å². The predicted octanol–water partition coefficient (Wildman–Crippen LogP) is 1.38. The van der Waals surface area contributed by atoms with Crippen molar-refractivity contribution in [1.82, 2.24) is 9.97 Å². The third kappa shape index (κ3) is 3.21. The molecule has 0 radical (unpaired) electrons. The van der Waals surface area contributed by atoms with Gasteiger partial charge in [0.1, 0.15) is 12.0 Å². The highest BCUT2D eigenvalue weighted by molar-refractivity contribution is 6.32. The van der Waals surface area contributed by atoms with Crippen molar-refractivity contribution in [3.05, 3.63) is 11.5 Å². The maximum atomic E-state index is 9.23. The van der Waals surface area contributed by atoms with Gasteiger partial charge >= 0.3 is 0 Å². The number of rotatable bonds is 5. The molecule has 16 heavy (non-hydrogen) atoms. The van der Waals surface area contributed by atoms with E-state index < -0.39 is 0 Å². The molecule has 0 amide bonds. The summed E-state index contributed by atoms with van der Waals surface area (Å²) in [4.78, 5) is 10.0. The zero-order chi connectivity index (χ0) is 12.1. The topological polar surface area (TPSA) is 61.3 Å². The maximum absolute atomic E-state index is 9.23. The van der Waals surface area contributed by atoms with Crippen molar-refractivity contribution in [2.75, 3.05) is 30.9 Å². The molecule has 0 aliphatic rings. The number of anilines is 2. The van der Waals surface area contributed by atoms with Crippen molar-refractivity contribution in [1.29, 1.82) is 0 Å². The van der Waals surface area contributed by atoms with Crippen LogP contribution in [0.4, 0.5) is 11.5 Å². The van der Waals surface area contributed by atoms with E-state index in [1.54, 1.807) is 14.0 Å². The molecule has 1 atom stereocenters. The fraction of sp³-hybridized carbons (Fsp3) is 0.600. The van der Waals surface area contributed by atoms with Crippen LogP contribution in [-0.2, 0) is 0 Å². The highest BCUT2D eigenvalue weighted by atomic mass is 35.5. The average molecular weight is 245 g/mol. The summed E-state index contributed by atoms with van der Waals surface area (Å²) in [5.41, 5.74) is 0.706. The fourth-order valence-electron chi connectivity index (χ4n) is 1.35. The van der Waals surface area contributed by atoms with Gasteiger partial charge in [-0.1, -0.05) is 11.6 Å². The van der Waals surface area contributed by atoms with Crippen LogP contribution in [0.5, 0.6) is 0 Å². The number of aliphatic hydroxyl groups excluding tert-OH is 1. The van der Waals surface area contributed by atoms with Gasteiger partial charge in [-0.05, 0) is 13.3 Å². The summed E-state index contributed by atoms with van der Waals surface area (Å²) < 4.78 is 0. The van der Waals surface area contributed by atoms with Crippen LogP contribution in [0.15, 0.2) is 6.33 Å². The summed E-state index contributed by atoms with van der Waals surface area (Å²) >= 11 is 5.95. The van der Waals surface area contributed by atoms with Gasteiger partial charge < -0.3 is 15.3 Å². The number of nitrogens with zero attached hydrogens (tertiary/aromatic N) is 3. The minimum absolute atomic E-state index is 0.321. The molecule has 2 N–H and O–H groups in total. The molecule has 0 aliphatic carbocycles. The smallest absolute Gasteiger partial charge is 0.157 e. The zero-order valence-corrected chi connectivity index (χ0v) is 10.5. The summed E-state index contributed by atoms with van der Waals surface area (Å²) in [7, 11) is 3.68. The third-order valence-corrected chi connectivity index (χ3v) is 2.56. The molecular formula is C10H17ClN4O. The SMILES string of the molecule is CNc1c(Cl)ncnc1N(C)CCC(C)O. The van der Waals surface area contributed by atoms with Gasteiger partial charge in [-0.2, -0.15) is 0 Å². The molecule has 0 saturated carbocycles. The minimum atomic E-state index is -0.321. The van der Waals surface area contributed by atoms with Crippen LogP contribution in [0, 0.1) is 0 Å². The molecule has 0 fully saturated rings. The molecule has 1 rings (SSSR count). The van der Waals surface area contributed by atoms with Crippen LogP contribution in [0.2, 0.25) is 5.15 Å². The quantitative estimate of drug-likeness (QED) is 0.767. The second-order valence-electron chi connectivity index (χ2n) is 3.67. The van der Waals surface area contributed by atoms with E-state index in [0.717, 1.165) is 5.82 Å². The molecule has 1 heterocycles. The highest BCUT2D eigenvalue weighted by Crippen LogP contribution is 2.27. The number of halogens is 1. The molecule has 1 aromatic rings. The van der Waals surface area contributed by atoms with E-state index in [-0.39, 0.29) is 6.10 Å². The molecule has 0 bridgehead atoms. The Morgan fingerprint density at radius 3 is 2.81 bits per heavy atom. The van der Waals surface area contributed by atoms with Gasteiger partial charge in [-0.15, -0.1) is 0 Å². The lowest BCUT2D eigenvalue weighted by Crippen LogP contribution is -2.23. The standard InChI is InChI=1S/C10H17ClN4O/c1-7(16)4-5-15(3)10-8(12-2)9(11)13-6-14-10/h6-7,12,16H,4-5H2,1-3H3. The van der Waals surface area contributed by atoms with Gasteiger partial charge in [0.05, 0.1) is 6.10 Å². The Balaban J connectivity index is 2.82. The Kier molecular flexibility index (Phi) is 4.76. The Morgan fingerprint density at radius 1 is 1.56 bits per heavy atom. The summed E-state index contributed by atoms with van der Waals surface area (Å²) in [5.74, 6) is 0.739. The van der Waals surface area contributed by atoms with Crippen LogP contribution in [0.25, 0.3) is 0 Å². The summed E-state index contributed by atoms with van der Waals surface area (Å²) in [5, 5.41) is 12.6. The summed E-state index contributed by atoms with van der Waals surface area (Å²) in [6.07, 6.45) is 1.79. The Morgan fingerprint density at radius 2 is 2.25 bits per heavy atom. The first-order valence-corrected chi connectivity index (χ1v) is 5.51. The number of hydrogen-bond donors (Lipinski definition) is 2. The van der Waals surface area contributed by atoms with Crippen molar-refractivity contribution in [3.63, 3.8) is 0 Å². The molecule has 0 saturated heterocycles. The number of aliphatic hydroxyl groups is 1. The second-order valence-corrected chi connectivity index (χ2v) is 4.03. The van der Waals surface area contributed by atoms with Crippen LogP contribution in [0.1, 0.15) is 13.3 Å². The summed E-state index contributed by atoms with van der Waals surface area (Å²) in [6, 6.07) is 0. The average Bonchev–Trinajstić information content (AvgIpc) is 2.25. The number of aromatic nitrogens is 2. The van der Waals surface area contributed by atoms with Crippen LogP contribution in [0.3, 0.4) is 0 Å². The van der Waals surface area contributed by atoms with Crippen molar-refractivity contribution in [2.24, 2.45) is 0 Å². The summed E-state index contributed by atoms with van der Waals surface area (Å²) in [6.45, 7) is 2.47. The first kappa shape index (κ1) is 13.0. The molecule has 0 aliphatic heterocycles. The largest absolute Gasteiger partial charge is 0.393 e. The van der Waals surface area contributed by atoms with E-state index in [9.17, 15) is 5.11 Å². The number of nitrogens with one attached hydrogen (secondary N) is 1. The Bertz CT molecular complexity index is 346. The third-order valence-electron chi connectivity index (χ3n) is 2.27. The van der Waals surface area contributed by atoms with Crippen molar-refractivity contribution in [2.45, 2.75) is 19.4 Å². The minimum Gasteiger partial charge on any atom is -0.393 e. The molecule has 90 valence electrons. The molecule has 5 nitrogen and oxygen atoms in total. The van der Waals surface area contributed by atoms with Crippen LogP contribution < -0.4 is 10.2 Å². The van der Waals surface area contributed by atoms with E-state index in [2.05, 4.69) is 15.3 Å². The molecule has 0 spiro atoms. The Labute approximate surface area is 100 Å². The fourth-order valence-corrected chi connectivity index (χ4v) is 1.57. The van der Waals surface area contributed by atoms with E-state index >= 15 is 0 Å². The van der Waals surface area contributed by atoms with E-state index in [4.69, 9.17) is 11.6 Å². The predicted molar refractivity (Wildman–Crippen MR) is 66.2 cm³/mol. The first-order valence-electron chi connectivity index (χ1n) is 5.13.